The Morgan fingerprint density at radius 1 is 1.09 bits per heavy atom. The molecule has 1 aliphatic heterocycles. The van der Waals surface area contributed by atoms with Gasteiger partial charge in [0, 0.05) is 31.0 Å². The van der Waals surface area contributed by atoms with E-state index in [0.717, 1.165) is 29.3 Å². The van der Waals surface area contributed by atoms with Crippen molar-refractivity contribution in [1.82, 2.24) is 4.98 Å². The Hall–Kier alpha value is -1.94. The first-order chi connectivity index (χ1) is 10.7. The van der Waals surface area contributed by atoms with Crippen molar-refractivity contribution in [3.63, 3.8) is 0 Å². The average Bonchev–Trinajstić information content (AvgIpc) is 2.56. The van der Waals surface area contributed by atoms with Crippen LogP contribution in [0.5, 0.6) is 0 Å². The number of hydrogen-bond acceptors (Lipinski definition) is 3. The molecule has 0 spiro atoms. The predicted molar refractivity (Wildman–Crippen MR) is 96.8 cm³/mol. The average molecular weight is 311 g/mol. The molecule has 0 radical (unpaired) electrons. The van der Waals surface area contributed by atoms with Crippen LogP contribution >= 0.6 is 12.2 Å². The SMILES string of the molecule is Cc1ccc(N2CCCCC2)c(NC(=S)c2ccncc2)c1. The highest BCUT2D eigenvalue weighted by molar-refractivity contribution is 7.81. The van der Waals surface area contributed by atoms with Gasteiger partial charge in [0.05, 0.1) is 11.4 Å². The van der Waals surface area contributed by atoms with Gasteiger partial charge < -0.3 is 10.2 Å². The molecule has 4 heteroatoms. The van der Waals surface area contributed by atoms with Gasteiger partial charge >= 0.3 is 0 Å². The monoisotopic (exact) mass is 311 g/mol. The molecule has 0 aliphatic carbocycles. The number of piperidine rings is 1. The molecule has 1 saturated heterocycles. The highest BCUT2D eigenvalue weighted by atomic mass is 32.1. The summed E-state index contributed by atoms with van der Waals surface area (Å²) < 4.78 is 0. The molecular formula is C18H21N3S. The van der Waals surface area contributed by atoms with Crippen LogP contribution in [-0.4, -0.2) is 23.1 Å². The fraction of sp³-hybridized carbons (Fsp3) is 0.333. The maximum atomic E-state index is 5.55. The maximum absolute atomic E-state index is 5.55. The molecule has 2 heterocycles. The zero-order chi connectivity index (χ0) is 15.4. The summed E-state index contributed by atoms with van der Waals surface area (Å²) in [6, 6.07) is 10.4. The second-order valence-electron chi connectivity index (χ2n) is 5.76. The Morgan fingerprint density at radius 2 is 1.82 bits per heavy atom. The van der Waals surface area contributed by atoms with Gasteiger partial charge in [-0.2, -0.15) is 0 Å². The first-order valence-electron chi connectivity index (χ1n) is 7.81. The van der Waals surface area contributed by atoms with E-state index >= 15 is 0 Å². The summed E-state index contributed by atoms with van der Waals surface area (Å²) in [5.41, 5.74) is 4.59. The van der Waals surface area contributed by atoms with Crippen molar-refractivity contribution in [2.75, 3.05) is 23.3 Å². The van der Waals surface area contributed by atoms with Crippen molar-refractivity contribution in [1.29, 1.82) is 0 Å². The van der Waals surface area contributed by atoms with Crippen LogP contribution in [0.4, 0.5) is 11.4 Å². The lowest BCUT2D eigenvalue weighted by Gasteiger charge is -2.31. The second kappa shape index (κ2) is 6.88. The van der Waals surface area contributed by atoms with Crippen LogP contribution in [0.2, 0.25) is 0 Å². The number of hydrogen-bond donors (Lipinski definition) is 1. The van der Waals surface area contributed by atoms with Crippen molar-refractivity contribution in [2.24, 2.45) is 0 Å². The first kappa shape index (κ1) is 15.0. The molecule has 1 aliphatic rings. The molecule has 1 fully saturated rings. The number of aryl methyl sites for hydroxylation is 1. The van der Waals surface area contributed by atoms with E-state index in [1.165, 1.54) is 30.5 Å². The smallest absolute Gasteiger partial charge is 0.111 e. The Labute approximate surface area is 137 Å². The van der Waals surface area contributed by atoms with Crippen molar-refractivity contribution < 1.29 is 0 Å². The van der Waals surface area contributed by atoms with Gasteiger partial charge in [-0.15, -0.1) is 0 Å². The summed E-state index contributed by atoms with van der Waals surface area (Å²) in [6.45, 7) is 4.36. The van der Waals surface area contributed by atoms with E-state index in [2.05, 4.69) is 40.3 Å². The lowest BCUT2D eigenvalue weighted by Crippen LogP contribution is -2.30. The highest BCUT2D eigenvalue weighted by Gasteiger charge is 2.15. The van der Waals surface area contributed by atoms with E-state index in [4.69, 9.17) is 12.2 Å². The quantitative estimate of drug-likeness (QED) is 0.861. The molecule has 1 aromatic heterocycles. The zero-order valence-electron chi connectivity index (χ0n) is 12.9. The topological polar surface area (TPSA) is 28.2 Å². The van der Waals surface area contributed by atoms with Gasteiger partial charge in [-0.25, -0.2) is 0 Å². The third kappa shape index (κ3) is 3.45. The molecule has 22 heavy (non-hydrogen) atoms. The molecule has 3 rings (SSSR count). The van der Waals surface area contributed by atoms with Crippen LogP contribution in [0.1, 0.15) is 30.4 Å². The van der Waals surface area contributed by atoms with Crippen LogP contribution in [0.15, 0.2) is 42.7 Å². The fourth-order valence-corrected chi connectivity index (χ4v) is 3.10. The van der Waals surface area contributed by atoms with Crippen molar-refractivity contribution in [3.05, 3.63) is 53.9 Å². The summed E-state index contributed by atoms with van der Waals surface area (Å²) in [6.07, 6.45) is 7.40. The molecule has 3 nitrogen and oxygen atoms in total. The Bertz CT molecular complexity index is 649. The van der Waals surface area contributed by atoms with E-state index in [1.807, 2.05) is 12.1 Å². The van der Waals surface area contributed by atoms with E-state index in [9.17, 15) is 0 Å². The van der Waals surface area contributed by atoms with Gasteiger partial charge in [-0.3, -0.25) is 4.98 Å². The minimum Gasteiger partial charge on any atom is -0.370 e. The molecule has 1 aromatic carbocycles. The van der Waals surface area contributed by atoms with Crippen LogP contribution in [0.25, 0.3) is 0 Å². The molecular weight excluding hydrogens is 290 g/mol. The largest absolute Gasteiger partial charge is 0.370 e. The predicted octanol–water partition coefficient (Wildman–Crippen LogP) is 4.17. The van der Waals surface area contributed by atoms with E-state index in [-0.39, 0.29) is 0 Å². The molecule has 0 atom stereocenters. The normalized spacial score (nSPS) is 14.7. The zero-order valence-corrected chi connectivity index (χ0v) is 13.7. The lowest BCUT2D eigenvalue weighted by atomic mass is 10.1. The Kier molecular flexibility index (Phi) is 4.68. The van der Waals surface area contributed by atoms with E-state index in [0.29, 0.717) is 0 Å². The number of benzene rings is 1. The lowest BCUT2D eigenvalue weighted by molar-refractivity contribution is 0.578. The summed E-state index contributed by atoms with van der Waals surface area (Å²) in [4.78, 5) is 7.24. The number of nitrogens with zero attached hydrogens (tertiary/aromatic N) is 2. The number of thiocarbonyl (C=S) groups is 1. The van der Waals surface area contributed by atoms with Gasteiger partial charge in [0.1, 0.15) is 4.99 Å². The van der Waals surface area contributed by atoms with Crippen molar-refractivity contribution in [2.45, 2.75) is 26.2 Å². The third-order valence-corrected chi connectivity index (χ3v) is 4.38. The number of aromatic nitrogens is 1. The van der Waals surface area contributed by atoms with Crippen LogP contribution in [0, 0.1) is 6.92 Å². The van der Waals surface area contributed by atoms with E-state index in [1.54, 1.807) is 12.4 Å². The molecule has 1 N–H and O–H groups in total. The van der Waals surface area contributed by atoms with Gasteiger partial charge in [-0.05, 0) is 56.0 Å². The number of pyridine rings is 1. The molecule has 2 aromatic rings. The summed E-state index contributed by atoms with van der Waals surface area (Å²) >= 11 is 5.55. The number of nitrogens with one attached hydrogen (secondary N) is 1. The molecule has 0 bridgehead atoms. The van der Waals surface area contributed by atoms with Gasteiger partial charge in [0.15, 0.2) is 0 Å². The summed E-state index contributed by atoms with van der Waals surface area (Å²) in [7, 11) is 0. The Balaban J connectivity index is 1.85. The Morgan fingerprint density at radius 3 is 2.55 bits per heavy atom. The van der Waals surface area contributed by atoms with Gasteiger partial charge in [0.25, 0.3) is 0 Å². The van der Waals surface area contributed by atoms with Crippen molar-refractivity contribution in [3.8, 4) is 0 Å². The van der Waals surface area contributed by atoms with Crippen LogP contribution < -0.4 is 10.2 Å². The highest BCUT2D eigenvalue weighted by Crippen LogP contribution is 2.30. The minimum absolute atomic E-state index is 0.742. The van der Waals surface area contributed by atoms with E-state index < -0.39 is 0 Å². The van der Waals surface area contributed by atoms with Crippen LogP contribution in [0.3, 0.4) is 0 Å². The molecule has 0 unspecified atom stereocenters. The second-order valence-corrected chi connectivity index (χ2v) is 6.17. The first-order valence-corrected chi connectivity index (χ1v) is 8.22. The molecule has 0 amide bonds. The standard InChI is InChI=1S/C18H21N3S/c1-14-5-6-17(21-11-3-2-4-12-21)16(13-14)20-18(22)15-7-9-19-10-8-15/h5-10,13H,2-4,11-12H2,1H3,(H,20,22). The van der Waals surface area contributed by atoms with Crippen molar-refractivity contribution >= 4 is 28.6 Å². The number of rotatable bonds is 3. The fourth-order valence-electron chi connectivity index (χ4n) is 2.86. The third-order valence-electron chi connectivity index (χ3n) is 4.04. The summed E-state index contributed by atoms with van der Waals surface area (Å²) in [5.74, 6) is 0. The van der Waals surface area contributed by atoms with Gasteiger partial charge in [-0.1, -0.05) is 18.3 Å². The van der Waals surface area contributed by atoms with Crippen LogP contribution in [-0.2, 0) is 0 Å². The van der Waals surface area contributed by atoms with Gasteiger partial charge in [0.2, 0.25) is 0 Å². The minimum atomic E-state index is 0.742. The number of anilines is 2. The molecule has 114 valence electrons. The maximum Gasteiger partial charge on any atom is 0.111 e. The molecule has 0 saturated carbocycles. The summed E-state index contributed by atoms with van der Waals surface area (Å²) in [5, 5.41) is 3.43.